The first-order valence-corrected chi connectivity index (χ1v) is 8.87. The predicted octanol–water partition coefficient (Wildman–Crippen LogP) is 2.02. The Kier molecular flexibility index (Phi) is 5.97. The topological polar surface area (TPSA) is 55.8 Å². The molecule has 123 valence electrons. The van der Waals surface area contributed by atoms with E-state index in [0.717, 1.165) is 18.7 Å². The minimum atomic E-state index is -3.72. The Morgan fingerprint density at radius 1 is 1.32 bits per heavy atom. The molecule has 0 bridgehead atoms. The lowest BCUT2D eigenvalue weighted by Gasteiger charge is -2.33. The van der Waals surface area contributed by atoms with E-state index in [1.807, 2.05) is 6.92 Å². The number of hydrogen-bond acceptors (Lipinski definition) is 5. The maximum absolute atomic E-state index is 12.1. The first-order chi connectivity index (χ1) is 10.4. The molecule has 2 rings (SSSR count). The van der Waals surface area contributed by atoms with E-state index in [1.165, 1.54) is 5.92 Å². The summed E-state index contributed by atoms with van der Waals surface area (Å²) in [5, 5.41) is 0. The van der Waals surface area contributed by atoms with Crippen molar-refractivity contribution in [3.63, 3.8) is 0 Å². The van der Waals surface area contributed by atoms with E-state index in [0.29, 0.717) is 13.2 Å². The molecule has 1 heterocycles. The highest BCUT2D eigenvalue weighted by Gasteiger charge is 2.24. The Morgan fingerprint density at radius 2 is 2.00 bits per heavy atom. The standard InChI is InChI=1S/C16H24NO4S/c1-13(2)10-17-8-9-20-15(11-17)12-21-22(18,19)16-6-4-14(3)5-7-16/h4-7,15H,8-12H2,1-3H3. The van der Waals surface area contributed by atoms with E-state index < -0.39 is 10.1 Å². The van der Waals surface area contributed by atoms with Gasteiger partial charge < -0.3 is 4.74 Å². The summed E-state index contributed by atoms with van der Waals surface area (Å²) < 4.78 is 35.1. The van der Waals surface area contributed by atoms with Crippen molar-refractivity contribution in [3.8, 4) is 0 Å². The molecule has 1 radical (unpaired) electrons. The Labute approximate surface area is 133 Å². The monoisotopic (exact) mass is 326 g/mol. The fourth-order valence-corrected chi connectivity index (χ4v) is 3.35. The summed E-state index contributed by atoms with van der Waals surface area (Å²) in [6.45, 7) is 9.20. The van der Waals surface area contributed by atoms with Crippen LogP contribution in [0.3, 0.4) is 0 Å². The molecule has 1 aromatic carbocycles. The van der Waals surface area contributed by atoms with Gasteiger partial charge in [-0.25, -0.2) is 0 Å². The van der Waals surface area contributed by atoms with Gasteiger partial charge in [0.2, 0.25) is 0 Å². The molecule has 0 amide bonds. The molecule has 1 saturated heterocycles. The van der Waals surface area contributed by atoms with Gasteiger partial charge in [-0.2, -0.15) is 8.42 Å². The van der Waals surface area contributed by atoms with E-state index in [-0.39, 0.29) is 17.6 Å². The molecule has 22 heavy (non-hydrogen) atoms. The predicted molar refractivity (Wildman–Crippen MR) is 85.1 cm³/mol. The molecule has 1 fully saturated rings. The van der Waals surface area contributed by atoms with Crippen LogP contribution in [0.2, 0.25) is 0 Å². The third-order valence-corrected chi connectivity index (χ3v) is 4.78. The van der Waals surface area contributed by atoms with Crippen LogP contribution in [0.1, 0.15) is 19.4 Å². The molecule has 1 atom stereocenters. The van der Waals surface area contributed by atoms with Gasteiger partial charge in [0.25, 0.3) is 10.1 Å². The summed E-state index contributed by atoms with van der Waals surface area (Å²) in [6.07, 6.45) is -0.215. The Hall–Kier alpha value is -0.950. The van der Waals surface area contributed by atoms with Crippen LogP contribution >= 0.6 is 0 Å². The van der Waals surface area contributed by atoms with Gasteiger partial charge in [0.05, 0.1) is 24.2 Å². The number of benzene rings is 1. The summed E-state index contributed by atoms with van der Waals surface area (Å²) in [5.74, 6) is 1.33. The number of rotatable bonds is 6. The molecule has 0 N–H and O–H groups in total. The summed E-state index contributed by atoms with van der Waals surface area (Å²) in [7, 11) is -3.72. The molecule has 1 aliphatic rings. The molecule has 1 aromatic rings. The van der Waals surface area contributed by atoms with E-state index in [2.05, 4.69) is 18.7 Å². The van der Waals surface area contributed by atoms with Crippen molar-refractivity contribution in [2.45, 2.75) is 31.8 Å². The van der Waals surface area contributed by atoms with Crippen LogP contribution in [0.15, 0.2) is 29.2 Å². The number of aryl methyl sites for hydroxylation is 1. The molecule has 1 aliphatic heterocycles. The van der Waals surface area contributed by atoms with Gasteiger partial charge in [-0.1, -0.05) is 31.5 Å². The van der Waals surface area contributed by atoms with Crippen molar-refractivity contribution in [2.75, 3.05) is 32.8 Å². The summed E-state index contributed by atoms with van der Waals surface area (Å²) in [6, 6.07) is 6.64. The van der Waals surface area contributed by atoms with Crippen LogP contribution in [0.25, 0.3) is 0 Å². The molecule has 1 unspecified atom stereocenters. The van der Waals surface area contributed by atoms with Crippen LogP contribution < -0.4 is 0 Å². The molecule has 0 aromatic heterocycles. The summed E-state index contributed by atoms with van der Waals surface area (Å²) in [4.78, 5) is 2.44. The number of ether oxygens (including phenoxy) is 1. The van der Waals surface area contributed by atoms with E-state index in [1.54, 1.807) is 24.3 Å². The highest BCUT2D eigenvalue weighted by molar-refractivity contribution is 7.86. The fraction of sp³-hybridized carbons (Fsp3) is 0.562. The number of nitrogens with zero attached hydrogens (tertiary/aromatic N) is 1. The average molecular weight is 326 g/mol. The van der Waals surface area contributed by atoms with Crippen molar-refractivity contribution in [3.05, 3.63) is 35.7 Å². The second-order valence-electron chi connectivity index (χ2n) is 5.99. The minimum Gasteiger partial charge on any atom is -0.373 e. The third kappa shape index (κ3) is 5.05. The summed E-state index contributed by atoms with van der Waals surface area (Å²) >= 11 is 0. The van der Waals surface area contributed by atoms with Gasteiger partial charge in [-0.05, 0) is 25.0 Å². The zero-order chi connectivity index (χ0) is 16.2. The van der Waals surface area contributed by atoms with Gasteiger partial charge in [0, 0.05) is 19.6 Å². The molecule has 0 spiro atoms. The highest BCUT2D eigenvalue weighted by atomic mass is 32.2. The van der Waals surface area contributed by atoms with Crippen molar-refractivity contribution < 1.29 is 17.3 Å². The lowest BCUT2D eigenvalue weighted by molar-refractivity contribution is -0.0455. The van der Waals surface area contributed by atoms with Crippen LogP contribution in [-0.2, 0) is 19.0 Å². The average Bonchev–Trinajstić information content (AvgIpc) is 2.45. The number of hydrogen-bond donors (Lipinski definition) is 0. The Bertz CT molecular complexity index is 568. The van der Waals surface area contributed by atoms with Gasteiger partial charge in [-0.3, -0.25) is 9.08 Å². The molecule has 5 nitrogen and oxygen atoms in total. The van der Waals surface area contributed by atoms with Crippen LogP contribution in [-0.4, -0.2) is 52.3 Å². The lowest BCUT2D eigenvalue weighted by Crippen LogP contribution is -2.45. The lowest BCUT2D eigenvalue weighted by atomic mass is 10.2. The fourth-order valence-electron chi connectivity index (χ4n) is 2.41. The van der Waals surface area contributed by atoms with Crippen molar-refractivity contribution in [1.82, 2.24) is 4.90 Å². The van der Waals surface area contributed by atoms with Gasteiger partial charge in [0.1, 0.15) is 0 Å². The zero-order valence-corrected chi connectivity index (χ0v) is 14.2. The van der Waals surface area contributed by atoms with Gasteiger partial charge in [0.15, 0.2) is 0 Å². The first kappa shape index (κ1) is 17.4. The van der Waals surface area contributed by atoms with Crippen molar-refractivity contribution in [1.29, 1.82) is 0 Å². The molecule has 0 saturated carbocycles. The Morgan fingerprint density at radius 3 is 2.64 bits per heavy atom. The first-order valence-electron chi connectivity index (χ1n) is 7.46. The normalized spacial score (nSPS) is 20.5. The van der Waals surface area contributed by atoms with Gasteiger partial charge >= 0.3 is 0 Å². The summed E-state index contributed by atoms with van der Waals surface area (Å²) in [5.41, 5.74) is 1.01. The Balaban J connectivity index is 1.90. The van der Waals surface area contributed by atoms with E-state index in [9.17, 15) is 8.42 Å². The van der Waals surface area contributed by atoms with Crippen LogP contribution in [0.5, 0.6) is 0 Å². The van der Waals surface area contributed by atoms with Gasteiger partial charge in [-0.15, -0.1) is 0 Å². The smallest absolute Gasteiger partial charge is 0.297 e. The third-order valence-electron chi connectivity index (χ3n) is 3.48. The van der Waals surface area contributed by atoms with Crippen molar-refractivity contribution >= 4 is 10.1 Å². The zero-order valence-electron chi connectivity index (χ0n) is 13.4. The quantitative estimate of drug-likeness (QED) is 0.749. The molecule has 6 heteroatoms. The highest BCUT2D eigenvalue weighted by Crippen LogP contribution is 2.15. The largest absolute Gasteiger partial charge is 0.373 e. The molecular formula is C16H24NO4S. The SMILES string of the molecule is C[C](C)CN1CCOC(COS(=O)(=O)c2ccc(C)cc2)C1. The van der Waals surface area contributed by atoms with E-state index >= 15 is 0 Å². The maximum Gasteiger partial charge on any atom is 0.297 e. The second kappa shape index (κ2) is 7.55. The molecular weight excluding hydrogens is 302 g/mol. The van der Waals surface area contributed by atoms with Crippen molar-refractivity contribution in [2.24, 2.45) is 0 Å². The van der Waals surface area contributed by atoms with Crippen LogP contribution in [0.4, 0.5) is 0 Å². The number of morpholine rings is 1. The second-order valence-corrected chi connectivity index (χ2v) is 7.60. The maximum atomic E-state index is 12.1. The van der Waals surface area contributed by atoms with E-state index in [4.69, 9.17) is 8.92 Å². The molecule has 0 aliphatic carbocycles. The minimum absolute atomic E-state index is 0.0511. The van der Waals surface area contributed by atoms with Crippen LogP contribution in [0, 0.1) is 12.8 Å².